The Morgan fingerprint density at radius 3 is 2.50 bits per heavy atom. The van der Waals surface area contributed by atoms with Crippen LogP contribution in [0.1, 0.15) is 44.2 Å². The van der Waals surface area contributed by atoms with Crippen LogP contribution >= 0.6 is 0 Å². The second-order valence-electron chi connectivity index (χ2n) is 8.54. The highest BCUT2D eigenvalue weighted by Gasteiger charge is 2.53. The number of likely N-dealkylation sites (tertiary alicyclic amines) is 1. The van der Waals surface area contributed by atoms with E-state index in [1.165, 1.54) is 13.2 Å². The highest BCUT2D eigenvalue weighted by atomic mass is 19.1. The van der Waals surface area contributed by atoms with E-state index in [-0.39, 0.29) is 23.7 Å². The molecule has 8 heteroatoms. The van der Waals surface area contributed by atoms with Crippen LogP contribution in [0.15, 0.2) is 24.4 Å². The average molecular weight is 446 g/mol. The predicted octanol–water partition coefficient (Wildman–Crippen LogP) is 3.54. The van der Waals surface area contributed by atoms with Gasteiger partial charge in [-0.1, -0.05) is 12.5 Å². The maximum absolute atomic E-state index is 14.5. The van der Waals surface area contributed by atoms with Crippen molar-refractivity contribution in [2.24, 2.45) is 11.8 Å². The number of fused-ring (bicyclic) bond motifs is 2. The molecule has 2 bridgehead atoms. The van der Waals surface area contributed by atoms with Gasteiger partial charge in [0.2, 0.25) is 5.88 Å². The third-order valence-corrected chi connectivity index (χ3v) is 6.68. The smallest absolute Gasteiger partial charge is 0.319 e. The zero-order valence-corrected chi connectivity index (χ0v) is 19.0. The Balaban J connectivity index is 1.60. The molecule has 1 unspecified atom stereocenters. The molecular formula is C24H32FN3O4. The van der Waals surface area contributed by atoms with Gasteiger partial charge in [0.15, 0.2) is 0 Å². The molecule has 32 heavy (non-hydrogen) atoms. The Hall–Kier alpha value is -2.45. The number of rotatable bonds is 8. The highest BCUT2D eigenvalue weighted by Crippen LogP contribution is 2.51. The van der Waals surface area contributed by atoms with Gasteiger partial charge in [-0.15, -0.1) is 0 Å². The van der Waals surface area contributed by atoms with E-state index in [4.69, 9.17) is 14.2 Å². The fraction of sp³-hybridized carbons (Fsp3) is 0.583. The molecule has 1 aromatic heterocycles. The molecule has 0 radical (unpaired) electrons. The summed E-state index contributed by atoms with van der Waals surface area (Å²) in [5, 5.41) is 12.0. The van der Waals surface area contributed by atoms with E-state index in [1.807, 2.05) is 13.8 Å². The van der Waals surface area contributed by atoms with Crippen molar-refractivity contribution in [3.05, 3.63) is 41.3 Å². The van der Waals surface area contributed by atoms with Crippen molar-refractivity contribution in [2.45, 2.75) is 45.3 Å². The molecule has 1 saturated carbocycles. The molecule has 2 fully saturated rings. The molecule has 3 atom stereocenters. The minimum absolute atomic E-state index is 0.0166. The number of ether oxygens (including phenoxy) is 3. The standard InChI is InChI=1S/C24H32FN3O4/c1-4-31-22-20(12-26-23(27-22)32-5-2)24(29)17-7-6-8-18(24)15-28(14-17)13-16-9-10-19(30-3)11-21(16)25/h9-12,17-18,29H,4-8,13-15H2,1-3H3/t17-,18+,24?. The molecule has 2 aliphatic rings. The maximum Gasteiger partial charge on any atom is 0.319 e. The van der Waals surface area contributed by atoms with Crippen LogP contribution in [0, 0.1) is 17.7 Å². The van der Waals surface area contributed by atoms with Crippen molar-refractivity contribution in [1.82, 2.24) is 14.9 Å². The molecule has 0 spiro atoms. The van der Waals surface area contributed by atoms with E-state index in [9.17, 15) is 9.50 Å². The van der Waals surface area contributed by atoms with E-state index in [0.717, 1.165) is 19.3 Å². The van der Waals surface area contributed by atoms with Gasteiger partial charge in [0.25, 0.3) is 0 Å². The molecular weight excluding hydrogens is 413 g/mol. The van der Waals surface area contributed by atoms with Crippen LogP contribution in [0.4, 0.5) is 4.39 Å². The lowest BCUT2D eigenvalue weighted by Crippen LogP contribution is -2.58. The zero-order valence-electron chi connectivity index (χ0n) is 19.0. The predicted molar refractivity (Wildman–Crippen MR) is 117 cm³/mol. The lowest BCUT2D eigenvalue weighted by molar-refractivity contribution is -0.150. The lowest BCUT2D eigenvalue weighted by Gasteiger charge is -2.53. The van der Waals surface area contributed by atoms with Crippen LogP contribution in [0.25, 0.3) is 0 Å². The number of halogens is 1. The summed E-state index contributed by atoms with van der Waals surface area (Å²) in [5.74, 6) is 0.595. The van der Waals surface area contributed by atoms with E-state index < -0.39 is 5.60 Å². The first-order valence-corrected chi connectivity index (χ1v) is 11.4. The molecule has 4 rings (SSSR count). The summed E-state index contributed by atoms with van der Waals surface area (Å²) in [6.45, 7) is 6.48. The van der Waals surface area contributed by atoms with E-state index in [0.29, 0.717) is 55.6 Å². The number of hydrogen-bond acceptors (Lipinski definition) is 7. The number of aliphatic hydroxyl groups is 1. The summed E-state index contributed by atoms with van der Waals surface area (Å²) >= 11 is 0. The second kappa shape index (κ2) is 9.58. The van der Waals surface area contributed by atoms with Gasteiger partial charge in [-0.25, -0.2) is 9.37 Å². The van der Waals surface area contributed by atoms with Gasteiger partial charge in [0.1, 0.15) is 17.2 Å². The van der Waals surface area contributed by atoms with Crippen molar-refractivity contribution in [1.29, 1.82) is 0 Å². The zero-order chi connectivity index (χ0) is 22.7. The van der Waals surface area contributed by atoms with Crippen molar-refractivity contribution in [3.63, 3.8) is 0 Å². The summed E-state index contributed by atoms with van der Waals surface area (Å²) in [6, 6.07) is 5.23. The van der Waals surface area contributed by atoms with Gasteiger partial charge in [0.05, 0.1) is 25.9 Å². The van der Waals surface area contributed by atoms with Gasteiger partial charge in [-0.2, -0.15) is 4.98 Å². The molecule has 1 aliphatic heterocycles. The molecule has 1 N–H and O–H groups in total. The Kier molecular flexibility index (Phi) is 6.81. The largest absolute Gasteiger partial charge is 0.497 e. The fourth-order valence-corrected chi connectivity index (χ4v) is 5.21. The topological polar surface area (TPSA) is 76.9 Å². The average Bonchev–Trinajstić information content (AvgIpc) is 2.76. The number of nitrogens with zero attached hydrogens (tertiary/aromatic N) is 3. The molecule has 2 heterocycles. The second-order valence-corrected chi connectivity index (χ2v) is 8.54. The van der Waals surface area contributed by atoms with E-state index >= 15 is 0 Å². The minimum Gasteiger partial charge on any atom is -0.497 e. The molecule has 1 saturated heterocycles. The summed E-state index contributed by atoms with van der Waals surface area (Å²) in [4.78, 5) is 11.0. The van der Waals surface area contributed by atoms with Gasteiger partial charge in [0, 0.05) is 49.3 Å². The van der Waals surface area contributed by atoms with Crippen molar-refractivity contribution in [3.8, 4) is 17.6 Å². The Bertz CT molecular complexity index is 927. The molecule has 174 valence electrons. The summed E-state index contributed by atoms with van der Waals surface area (Å²) in [6.07, 6.45) is 4.48. The molecule has 1 aromatic carbocycles. The fourth-order valence-electron chi connectivity index (χ4n) is 5.21. The molecule has 1 aliphatic carbocycles. The third kappa shape index (κ3) is 4.26. The van der Waals surface area contributed by atoms with Crippen molar-refractivity contribution >= 4 is 0 Å². The number of piperidine rings is 1. The van der Waals surface area contributed by atoms with Gasteiger partial charge < -0.3 is 19.3 Å². The number of aromatic nitrogens is 2. The quantitative estimate of drug-likeness (QED) is 0.666. The van der Waals surface area contributed by atoms with Crippen molar-refractivity contribution < 1.29 is 23.7 Å². The van der Waals surface area contributed by atoms with Crippen LogP contribution in [0.2, 0.25) is 0 Å². The highest BCUT2D eigenvalue weighted by molar-refractivity contribution is 5.35. The first kappa shape index (κ1) is 22.7. The number of methoxy groups -OCH3 is 1. The van der Waals surface area contributed by atoms with Crippen LogP contribution < -0.4 is 14.2 Å². The Morgan fingerprint density at radius 2 is 1.88 bits per heavy atom. The molecule has 7 nitrogen and oxygen atoms in total. The first-order chi connectivity index (χ1) is 15.5. The monoisotopic (exact) mass is 445 g/mol. The van der Waals surface area contributed by atoms with E-state index in [1.54, 1.807) is 18.3 Å². The van der Waals surface area contributed by atoms with Gasteiger partial charge in [-0.05, 0) is 32.8 Å². The van der Waals surface area contributed by atoms with Crippen LogP contribution in [0.3, 0.4) is 0 Å². The number of benzene rings is 1. The summed E-state index contributed by atoms with van der Waals surface area (Å²) in [7, 11) is 1.53. The molecule has 2 aromatic rings. The van der Waals surface area contributed by atoms with Crippen LogP contribution in [0.5, 0.6) is 17.6 Å². The minimum atomic E-state index is -1.08. The Morgan fingerprint density at radius 1 is 1.16 bits per heavy atom. The summed E-state index contributed by atoms with van der Waals surface area (Å²) < 4.78 is 30.9. The third-order valence-electron chi connectivity index (χ3n) is 6.68. The van der Waals surface area contributed by atoms with E-state index in [2.05, 4.69) is 14.9 Å². The SMILES string of the molecule is CCOc1ncc(C2(O)[C@@H]3CCC[C@H]2CN(Cc2ccc(OC)cc2F)C3)c(OCC)n1. The number of hydrogen-bond donors (Lipinski definition) is 1. The maximum atomic E-state index is 14.5. The van der Waals surface area contributed by atoms with Crippen molar-refractivity contribution in [2.75, 3.05) is 33.4 Å². The summed E-state index contributed by atoms with van der Waals surface area (Å²) in [5.41, 5.74) is 0.184. The molecule has 0 amide bonds. The van der Waals surface area contributed by atoms with Crippen LogP contribution in [-0.2, 0) is 12.1 Å². The van der Waals surface area contributed by atoms with Gasteiger partial charge >= 0.3 is 6.01 Å². The normalized spacial score (nSPS) is 25.4. The Labute approximate surface area is 188 Å². The van der Waals surface area contributed by atoms with Crippen LogP contribution in [-0.4, -0.2) is 53.4 Å². The van der Waals surface area contributed by atoms with Gasteiger partial charge in [-0.3, -0.25) is 4.90 Å². The lowest BCUT2D eigenvalue weighted by atomic mass is 9.63. The first-order valence-electron chi connectivity index (χ1n) is 11.4.